The summed E-state index contributed by atoms with van der Waals surface area (Å²) in [5.41, 5.74) is 10.3. The molecule has 224 valence electrons. The van der Waals surface area contributed by atoms with Crippen molar-refractivity contribution in [2.45, 2.75) is 80.1 Å². The van der Waals surface area contributed by atoms with E-state index in [0.29, 0.717) is 41.4 Å². The lowest BCUT2D eigenvalue weighted by Crippen LogP contribution is -2.22. The smallest absolute Gasteiger partial charge is 0.303 e. The molecule has 43 heavy (non-hydrogen) atoms. The second-order valence-corrected chi connectivity index (χ2v) is 11.7. The fourth-order valence-corrected chi connectivity index (χ4v) is 6.16. The quantitative estimate of drug-likeness (QED) is 0.248. The van der Waals surface area contributed by atoms with Crippen molar-refractivity contribution >= 4 is 29.1 Å². The zero-order valence-corrected chi connectivity index (χ0v) is 25.6. The number of fused-ring (bicyclic) bond motifs is 5. The molecule has 5 aliphatic rings. The van der Waals surface area contributed by atoms with Crippen LogP contribution in [0.3, 0.4) is 0 Å². The molecule has 0 aromatic rings. The molecule has 0 aromatic carbocycles. The first-order valence-electron chi connectivity index (χ1n) is 14.8. The Kier molecular flexibility index (Phi) is 7.86. The number of nitrogens with one attached hydrogen (secondary N) is 1. The number of allylic oxidation sites excluding steroid dienone is 10. The monoisotopic (exact) mass is 582 g/mol. The molecule has 1 unspecified atom stereocenters. The number of nitrogens with zero attached hydrogens (tertiary/aromatic N) is 3. The van der Waals surface area contributed by atoms with Crippen molar-refractivity contribution < 1.29 is 24.9 Å². The zero-order valence-electron chi connectivity index (χ0n) is 25.6. The Hall–Kier alpha value is -4.53. The average Bonchev–Trinajstić information content (AvgIpc) is 3.59. The summed E-state index contributed by atoms with van der Waals surface area (Å²) < 4.78 is 0. The Morgan fingerprint density at radius 2 is 1.28 bits per heavy atom. The van der Waals surface area contributed by atoms with Gasteiger partial charge in [0.1, 0.15) is 5.76 Å². The molecule has 4 N–H and O–H groups in total. The molecule has 0 aliphatic carbocycles. The maximum absolute atomic E-state index is 11.5. The minimum Gasteiger partial charge on any atom is -0.509 e. The maximum Gasteiger partial charge on any atom is 0.303 e. The van der Waals surface area contributed by atoms with Crippen molar-refractivity contribution in [2.24, 2.45) is 20.4 Å². The molecule has 0 fully saturated rings. The molecule has 5 aliphatic heterocycles. The van der Waals surface area contributed by atoms with Crippen LogP contribution in [-0.2, 0) is 9.59 Å². The standard InChI is InChI=1S/C34H38N4O5/c1-7-20-17(3)23-13-24-18(4)21(9-11-31(39)40)26(35-24)15-27-22(10-12-32(41)42)19(5)25(36-27)14-29-33(43)34(6,8-2)30(38-29)16-28(20)37-23/h13-16,38,43H,7-12H2,1-6H3,(H,39,40)(H,41,42). The number of aliphatic imine (C=N–C) groups is 3. The normalized spacial score (nSPS) is 23.2. The number of aliphatic carboxylic acids is 2. The molecule has 0 saturated carbocycles. The first kappa shape index (κ1) is 29.9. The highest BCUT2D eigenvalue weighted by Crippen LogP contribution is 2.45. The molecule has 9 nitrogen and oxygen atoms in total. The Morgan fingerprint density at radius 1 is 0.744 bits per heavy atom. The molecule has 0 aromatic heterocycles. The van der Waals surface area contributed by atoms with Gasteiger partial charge in [0.15, 0.2) is 0 Å². The molecule has 1 atom stereocenters. The lowest BCUT2D eigenvalue weighted by molar-refractivity contribution is -0.137. The Bertz CT molecular complexity index is 1700. The Balaban J connectivity index is 1.78. The van der Waals surface area contributed by atoms with Crippen LogP contribution in [-0.4, -0.2) is 44.4 Å². The summed E-state index contributed by atoms with van der Waals surface area (Å²) in [7, 11) is 0. The van der Waals surface area contributed by atoms with E-state index in [-0.39, 0.29) is 25.0 Å². The van der Waals surface area contributed by atoms with Crippen molar-refractivity contribution in [3.05, 3.63) is 92.0 Å². The highest BCUT2D eigenvalue weighted by atomic mass is 16.4. The van der Waals surface area contributed by atoms with Crippen molar-refractivity contribution in [1.82, 2.24) is 5.32 Å². The molecule has 5 rings (SSSR count). The maximum atomic E-state index is 11.5. The van der Waals surface area contributed by atoms with E-state index in [1.807, 2.05) is 58.9 Å². The van der Waals surface area contributed by atoms with Crippen LogP contribution in [0.5, 0.6) is 0 Å². The van der Waals surface area contributed by atoms with Crippen LogP contribution in [0.25, 0.3) is 0 Å². The Labute approximate surface area is 251 Å². The third-order valence-corrected chi connectivity index (χ3v) is 9.15. The summed E-state index contributed by atoms with van der Waals surface area (Å²) in [5, 5.41) is 33.8. The van der Waals surface area contributed by atoms with Crippen LogP contribution in [0.2, 0.25) is 0 Å². The lowest BCUT2D eigenvalue weighted by Gasteiger charge is -2.24. The number of rotatable bonds is 8. The van der Waals surface area contributed by atoms with Crippen LogP contribution < -0.4 is 5.32 Å². The molecule has 0 spiro atoms. The van der Waals surface area contributed by atoms with E-state index < -0.39 is 17.4 Å². The van der Waals surface area contributed by atoms with Gasteiger partial charge < -0.3 is 20.6 Å². The van der Waals surface area contributed by atoms with Gasteiger partial charge in [-0.25, -0.2) is 15.0 Å². The first-order chi connectivity index (χ1) is 20.4. The third-order valence-electron chi connectivity index (χ3n) is 9.15. The number of aliphatic hydroxyl groups excluding tert-OH is 1. The summed E-state index contributed by atoms with van der Waals surface area (Å²) in [6.45, 7) is 12.0. The number of carboxylic acid groups (broad SMARTS) is 2. The van der Waals surface area contributed by atoms with Gasteiger partial charge in [-0.3, -0.25) is 9.59 Å². The van der Waals surface area contributed by atoms with Crippen LogP contribution in [0, 0.1) is 5.41 Å². The molecular formula is C34H38N4O5. The summed E-state index contributed by atoms with van der Waals surface area (Å²) in [5.74, 6) is -1.59. The van der Waals surface area contributed by atoms with Gasteiger partial charge in [-0.05, 0) is 111 Å². The van der Waals surface area contributed by atoms with Gasteiger partial charge in [-0.2, -0.15) is 0 Å². The van der Waals surface area contributed by atoms with Gasteiger partial charge in [0.2, 0.25) is 0 Å². The predicted octanol–water partition coefficient (Wildman–Crippen LogP) is 6.78. The van der Waals surface area contributed by atoms with E-state index in [1.165, 1.54) is 0 Å². The SMILES string of the molecule is CCC1=C(C)C2=CC3=NC(=CC4=NC(=CC5=C(O)C(C)(CC)C(=CC1=N2)N5)C(C)=C4CCC(=O)O)C(CCC(=O)O)=C3C. The topological polar surface area (TPSA) is 144 Å². The highest BCUT2D eigenvalue weighted by Gasteiger charge is 2.41. The molecule has 0 saturated heterocycles. The zero-order chi connectivity index (χ0) is 31.2. The third kappa shape index (κ3) is 5.28. The molecule has 9 heteroatoms. The van der Waals surface area contributed by atoms with Crippen LogP contribution >= 0.6 is 0 Å². The fourth-order valence-electron chi connectivity index (χ4n) is 6.16. The van der Waals surface area contributed by atoms with E-state index in [2.05, 4.69) is 12.2 Å². The Morgan fingerprint density at radius 3 is 1.88 bits per heavy atom. The van der Waals surface area contributed by atoms with Crippen LogP contribution in [0.1, 0.15) is 80.1 Å². The van der Waals surface area contributed by atoms with Crippen molar-refractivity contribution in [1.29, 1.82) is 0 Å². The summed E-state index contributed by atoms with van der Waals surface area (Å²) in [6, 6.07) is 0. The average molecular weight is 583 g/mol. The van der Waals surface area contributed by atoms with Gasteiger partial charge in [0.05, 0.1) is 45.3 Å². The summed E-state index contributed by atoms with van der Waals surface area (Å²) in [4.78, 5) is 37.9. The second kappa shape index (κ2) is 11.3. The first-order valence-corrected chi connectivity index (χ1v) is 14.8. The lowest BCUT2D eigenvalue weighted by atomic mass is 9.82. The predicted molar refractivity (Wildman–Crippen MR) is 168 cm³/mol. The number of aliphatic hydroxyl groups is 1. The minimum absolute atomic E-state index is 0.0498. The van der Waals surface area contributed by atoms with Crippen LogP contribution in [0.4, 0.5) is 0 Å². The van der Waals surface area contributed by atoms with Gasteiger partial charge in [0.25, 0.3) is 0 Å². The molecular weight excluding hydrogens is 544 g/mol. The van der Waals surface area contributed by atoms with Crippen molar-refractivity contribution in [2.75, 3.05) is 0 Å². The summed E-state index contributed by atoms with van der Waals surface area (Å²) >= 11 is 0. The number of hydrogen-bond donors (Lipinski definition) is 4. The van der Waals surface area contributed by atoms with E-state index in [0.717, 1.165) is 57.0 Å². The van der Waals surface area contributed by atoms with Gasteiger partial charge in [0, 0.05) is 18.5 Å². The van der Waals surface area contributed by atoms with Crippen LogP contribution in [0.15, 0.2) is 107 Å². The van der Waals surface area contributed by atoms with Crippen molar-refractivity contribution in [3.63, 3.8) is 0 Å². The van der Waals surface area contributed by atoms with E-state index in [9.17, 15) is 24.9 Å². The van der Waals surface area contributed by atoms with Gasteiger partial charge >= 0.3 is 11.9 Å². The second-order valence-electron chi connectivity index (χ2n) is 11.7. The minimum atomic E-state index is -0.911. The molecule has 0 amide bonds. The molecule has 0 radical (unpaired) electrons. The van der Waals surface area contributed by atoms with E-state index in [1.54, 1.807) is 0 Å². The van der Waals surface area contributed by atoms with Gasteiger partial charge in [-0.15, -0.1) is 0 Å². The number of carboxylic acids is 2. The van der Waals surface area contributed by atoms with Gasteiger partial charge in [-0.1, -0.05) is 13.8 Å². The number of carbonyl (C=O) groups is 2. The molecule has 5 heterocycles. The summed E-state index contributed by atoms with van der Waals surface area (Å²) in [6.07, 6.45) is 9.51. The fraction of sp³-hybridized carbons (Fsp3) is 0.382. The van der Waals surface area contributed by atoms with E-state index in [4.69, 9.17) is 15.0 Å². The highest BCUT2D eigenvalue weighted by molar-refractivity contribution is 6.18. The largest absolute Gasteiger partial charge is 0.509 e. The van der Waals surface area contributed by atoms with E-state index >= 15 is 0 Å². The number of hydrogen-bond acceptors (Lipinski definition) is 7. The molecule has 8 bridgehead atoms. The van der Waals surface area contributed by atoms with Crippen molar-refractivity contribution in [3.8, 4) is 0 Å².